The molecule has 0 bridgehead atoms. The first-order valence-electron chi connectivity index (χ1n) is 7.54. The summed E-state index contributed by atoms with van der Waals surface area (Å²) in [5, 5.41) is 0. The van der Waals surface area contributed by atoms with E-state index in [9.17, 15) is 0 Å². The van der Waals surface area contributed by atoms with Gasteiger partial charge in [-0.2, -0.15) is 0 Å². The van der Waals surface area contributed by atoms with E-state index >= 15 is 0 Å². The van der Waals surface area contributed by atoms with Gasteiger partial charge in [0.2, 0.25) is 0 Å². The summed E-state index contributed by atoms with van der Waals surface area (Å²) in [5.74, 6) is 1.02. The predicted molar refractivity (Wildman–Crippen MR) is 80.9 cm³/mol. The average Bonchev–Trinajstić information content (AvgIpc) is 3.31. The van der Waals surface area contributed by atoms with E-state index in [1.807, 2.05) is 30.5 Å². The highest BCUT2D eigenvalue weighted by atomic mass is 15.3. The molecule has 4 rings (SSSR count). The van der Waals surface area contributed by atoms with Crippen molar-refractivity contribution in [3.63, 3.8) is 0 Å². The van der Waals surface area contributed by atoms with Gasteiger partial charge in [0.05, 0.1) is 17.2 Å². The molecule has 1 saturated carbocycles. The maximum absolute atomic E-state index is 4.78. The third-order valence-corrected chi connectivity index (χ3v) is 4.45. The van der Waals surface area contributed by atoms with Crippen LogP contribution in [0.2, 0.25) is 0 Å². The molecule has 2 aromatic rings. The Balaban J connectivity index is 1.58. The molecule has 0 spiro atoms. The molecule has 1 aliphatic heterocycles. The van der Waals surface area contributed by atoms with E-state index in [2.05, 4.69) is 21.7 Å². The molecule has 0 N–H and O–H groups in total. The van der Waals surface area contributed by atoms with Gasteiger partial charge in [0, 0.05) is 31.7 Å². The molecular formula is C16H20N4. The topological polar surface area (TPSA) is 32.3 Å². The minimum absolute atomic E-state index is 0.514. The summed E-state index contributed by atoms with van der Waals surface area (Å²) >= 11 is 0. The van der Waals surface area contributed by atoms with Crippen LogP contribution in [-0.4, -0.2) is 46.6 Å². The van der Waals surface area contributed by atoms with E-state index in [0.717, 1.165) is 42.5 Å². The minimum Gasteiger partial charge on any atom is -0.350 e. The van der Waals surface area contributed by atoms with Crippen LogP contribution < -0.4 is 4.90 Å². The number of benzene rings is 1. The fourth-order valence-electron chi connectivity index (χ4n) is 3.18. The number of hydrogen-bond acceptors (Lipinski definition) is 4. The third-order valence-electron chi connectivity index (χ3n) is 4.45. The molecule has 1 atom stereocenters. The van der Waals surface area contributed by atoms with Crippen molar-refractivity contribution in [1.29, 1.82) is 0 Å². The first-order valence-corrected chi connectivity index (χ1v) is 7.54. The largest absolute Gasteiger partial charge is 0.350 e. The lowest BCUT2D eigenvalue weighted by Crippen LogP contribution is -2.52. The average molecular weight is 268 g/mol. The molecule has 0 amide bonds. The van der Waals surface area contributed by atoms with Crippen LogP contribution in [0.1, 0.15) is 19.8 Å². The smallest absolute Gasteiger partial charge is 0.148 e. The van der Waals surface area contributed by atoms with E-state index in [4.69, 9.17) is 4.98 Å². The van der Waals surface area contributed by atoms with E-state index in [1.54, 1.807) is 0 Å². The Labute approximate surface area is 119 Å². The Morgan fingerprint density at radius 1 is 1.10 bits per heavy atom. The molecule has 4 heteroatoms. The van der Waals surface area contributed by atoms with E-state index in [0.29, 0.717) is 6.04 Å². The molecule has 4 nitrogen and oxygen atoms in total. The fourth-order valence-corrected chi connectivity index (χ4v) is 3.18. The van der Waals surface area contributed by atoms with Crippen LogP contribution >= 0.6 is 0 Å². The van der Waals surface area contributed by atoms with Crippen LogP contribution in [0.5, 0.6) is 0 Å². The normalized spacial score (nSPS) is 24.2. The summed E-state index contributed by atoms with van der Waals surface area (Å²) < 4.78 is 0. The summed E-state index contributed by atoms with van der Waals surface area (Å²) in [4.78, 5) is 14.4. The summed E-state index contributed by atoms with van der Waals surface area (Å²) in [6.07, 6.45) is 4.70. The SMILES string of the molecule is CC1CN(C2CC2)CCN1c1cnc2ccccc2n1. The second-order valence-corrected chi connectivity index (χ2v) is 5.99. The number of nitrogens with zero attached hydrogens (tertiary/aromatic N) is 4. The first-order chi connectivity index (χ1) is 9.81. The van der Waals surface area contributed by atoms with Gasteiger partial charge < -0.3 is 4.90 Å². The van der Waals surface area contributed by atoms with Crippen molar-refractivity contribution in [3.05, 3.63) is 30.5 Å². The summed E-state index contributed by atoms with van der Waals surface area (Å²) in [6, 6.07) is 9.46. The highest BCUT2D eigenvalue weighted by Crippen LogP contribution is 2.30. The monoisotopic (exact) mass is 268 g/mol. The Kier molecular flexibility index (Phi) is 2.84. The van der Waals surface area contributed by atoms with Gasteiger partial charge in [-0.1, -0.05) is 12.1 Å². The zero-order valence-electron chi connectivity index (χ0n) is 11.9. The fraction of sp³-hybridized carbons (Fsp3) is 0.500. The van der Waals surface area contributed by atoms with Crippen LogP contribution in [0.25, 0.3) is 11.0 Å². The molecule has 1 aromatic carbocycles. The number of rotatable bonds is 2. The number of fused-ring (bicyclic) bond motifs is 1. The second kappa shape index (κ2) is 4.70. The second-order valence-electron chi connectivity index (χ2n) is 5.99. The molecule has 1 aliphatic carbocycles. The summed E-state index contributed by atoms with van der Waals surface area (Å²) in [7, 11) is 0. The van der Waals surface area contributed by atoms with Gasteiger partial charge in [-0.15, -0.1) is 0 Å². The quantitative estimate of drug-likeness (QED) is 0.836. The van der Waals surface area contributed by atoms with Crippen LogP contribution in [0.4, 0.5) is 5.82 Å². The Morgan fingerprint density at radius 2 is 1.90 bits per heavy atom. The molecule has 1 aromatic heterocycles. The van der Waals surface area contributed by atoms with Crippen molar-refractivity contribution in [2.75, 3.05) is 24.5 Å². The van der Waals surface area contributed by atoms with Gasteiger partial charge in [-0.25, -0.2) is 4.98 Å². The zero-order valence-corrected chi connectivity index (χ0v) is 11.9. The van der Waals surface area contributed by atoms with Crippen molar-refractivity contribution >= 4 is 16.9 Å². The van der Waals surface area contributed by atoms with Crippen molar-refractivity contribution in [2.24, 2.45) is 0 Å². The molecule has 20 heavy (non-hydrogen) atoms. The van der Waals surface area contributed by atoms with Crippen LogP contribution in [0, 0.1) is 0 Å². The number of anilines is 1. The zero-order chi connectivity index (χ0) is 13.5. The van der Waals surface area contributed by atoms with Gasteiger partial charge in [0.25, 0.3) is 0 Å². The summed E-state index contributed by atoms with van der Waals surface area (Å²) in [5.41, 5.74) is 1.96. The van der Waals surface area contributed by atoms with E-state index in [1.165, 1.54) is 12.8 Å². The van der Waals surface area contributed by atoms with Crippen LogP contribution in [-0.2, 0) is 0 Å². The Bertz CT molecular complexity index is 623. The Hall–Kier alpha value is -1.68. The molecular weight excluding hydrogens is 248 g/mol. The molecule has 0 radical (unpaired) electrons. The number of para-hydroxylation sites is 2. The van der Waals surface area contributed by atoms with Gasteiger partial charge in [0.15, 0.2) is 0 Å². The Morgan fingerprint density at radius 3 is 2.65 bits per heavy atom. The van der Waals surface area contributed by atoms with E-state index in [-0.39, 0.29) is 0 Å². The molecule has 1 saturated heterocycles. The minimum atomic E-state index is 0.514. The highest BCUT2D eigenvalue weighted by Gasteiger charge is 2.34. The third kappa shape index (κ3) is 2.14. The van der Waals surface area contributed by atoms with Gasteiger partial charge in [-0.3, -0.25) is 9.88 Å². The lowest BCUT2D eigenvalue weighted by atomic mass is 10.2. The molecule has 104 valence electrons. The number of aromatic nitrogens is 2. The maximum Gasteiger partial charge on any atom is 0.148 e. The number of piperazine rings is 1. The molecule has 1 unspecified atom stereocenters. The maximum atomic E-state index is 4.78. The number of hydrogen-bond donors (Lipinski definition) is 0. The molecule has 2 fully saturated rings. The van der Waals surface area contributed by atoms with E-state index < -0.39 is 0 Å². The first kappa shape index (κ1) is 12.1. The molecule has 2 heterocycles. The van der Waals surface area contributed by atoms with Crippen molar-refractivity contribution in [2.45, 2.75) is 31.8 Å². The predicted octanol–water partition coefficient (Wildman–Crippen LogP) is 2.30. The van der Waals surface area contributed by atoms with Crippen molar-refractivity contribution < 1.29 is 0 Å². The standard InChI is InChI=1S/C16H20N4/c1-12-11-19(13-6-7-13)8-9-20(12)16-10-17-14-4-2-3-5-15(14)18-16/h2-5,10,12-13H,6-9,11H2,1H3. The lowest BCUT2D eigenvalue weighted by Gasteiger charge is -2.40. The highest BCUT2D eigenvalue weighted by molar-refractivity contribution is 5.75. The summed E-state index contributed by atoms with van der Waals surface area (Å²) in [6.45, 7) is 5.67. The van der Waals surface area contributed by atoms with Gasteiger partial charge in [-0.05, 0) is 31.9 Å². The molecule has 2 aliphatic rings. The lowest BCUT2D eigenvalue weighted by molar-refractivity contribution is 0.219. The van der Waals surface area contributed by atoms with Crippen LogP contribution in [0.3, 0.4) is 0 Å². The van der Waals surface area contributed by atoms with Gasteiger partial charge in [0.1, 0.15) is 5.82 Å². The van der Waals surface area contributed by atoms with Gasteiger partial charge >= 0.3 is 0 Å². The van der Waals surface area contributed by atoms with Crippen molar-refractivity contribution in [3.8, 4) is 0 Å². The van der Waals surface area contributed by atoms with Crippen LogP contribution in [0.15, 0.2) is 30.5 Å². The van der Waals surface area contributed by atoms with Crippen molar-refractivity contribution in [1.82, 2.24) is 14.9 Å².